The normalized spacial score (nSPS) is 17.5. The average molecular weight is 313 g/mol. The molecule has 106 valence electrons. The highest BCUT2D eigenvalue weighted by Crippen LogP contribution is 2.13. The van der Waals surface area contributed by atoms with Gasteiger partial charge in [0.1, 0.15) is 0 Å². The lowest BCUT2D eigenvalue weighted by atomic mass is 10.3. The minimum atomic E-state index is -0.138. The van der Waals surface area contributed by atoms with E-state index in [-0.39, 0.29) is 24.4 Å². The van der Waals surface area contributed by atoms with E-state index in [4.69, 9.17) is 0 Å². The Balaban J connectivity index is 0.00000147. The number of nitrogens with zero attached hydrogens (tertiary/aromatic N) is 4. The zero-order valence-electron chi connectivity index (χ0n) is 10.4. The van der Waals surface area contributed by atoms with Crippen LogP contribution < -0.4 is 10.6 Å². The third kappa shape index (κ3) is 3.27. The summed E-state index contributed by atoms with van der Waals surface area (Å²) in [6.45, 7) is 0. The molecule has 3 heterocycles. The summed E-state index contributed by atoms with van der Waals surface area (Å²) in [4.78, 5) is 20.1. The van der Waals surface area contributed by atoms with Gasteiger partial charge in [-0.2, -0.15) is 5.10 Å². The molecular formula is C11H13ClN6OS. The summed E-state index contributed by atoms with van der Waals surface area (Å²) in [6, 6.07) is 1.60. The topological polar surface area (TPSA) is 84.7 Å². The number of hydrogen-bond acceptors (Lipinski definition) is 6. The smallest absolute Gasteiger partial charge is 0.250 e. The third-order valence-corrected chi connectivity index (χ3v) is 3.58. The van der Waals surface area contributed by atoms with Gasteiger partial charge in [-0.25, -0.2) is 14.6 Å². The van der Waals surface area contributed by atoms with Crippen molar-refractivity contribution in [1.82, 2.24) is 25.1 Å². The standard InChI is InChI=1S/C11H12N6OS.ClH/c18-10(9-6-19-7-14-9)16-8-4-15-17(5-8)11-12-2-1-3-13-11;/h1-5,9,14H,6-7H2,(H,16,18);1H. The van der Waals surface area contributed by atoms with Crippen LogP contribution in [0.2, 0.25) is 0 Å². The first-order chi connectivity index (χ1) is 9.33. The van der Waals surface area contributed by atoms with E-state index in [1.165, 1.54) is 4.68 Å². The lowest BCUT2D eigenvalue weighted by molar-refractivity contribution is -0.117. The first kappa shape index (κ1) is 14.8. The van der Waals surface area contributed by atoms with Crippen LogP contribution in [-0.4, -0.2) is 43.3 Å². The van der Waals surface area contributed by atoms with E-state index in [2.05, 4.69) is 25.7 Å². The van der Waals surface area contributed by atoms with Gasteiger partial charge in [-0.15, -0.1) is 24.2 Å². The maximum Gasteiger partial charge on any atom is 0.250 e. The number of carbonyl (C=O) groups excluding carboxylic acids is 1. The van der Waals surface area contributed by atoms with E-state index in [0.717, 1.165) is 11.6 Å². The molecule has 20 heavy (non-hydrogen) atoms. The zero-order chi connectivity index (χ0) is 13.1. The van der Waals surface area contributed by atoms with Gasteiger partial charge in [0.25, 0.3) is 0 Å². The molecule has 0 bridgehead atoms. The Bertz CT molecular complexity index is 571. The fourth-order valence-corrected chi connectivity index (χ4v) is 2.64. The van der Waals surface area contributed by atoms with E-state index in [1.807, 2.05) is 0 Å². The lowest BCUT2D eigenvalue weighted by Gasteiger charge is -2.08. The van der Waals surface area contributed by atoms with Crippen molar-refractivity contribution in [3.63, 3.8) is 0 Å². The molecule has 1 fully saturated rings. The van der Waals surface area contributed by atoms with Crippen LogP contribution in [0.3, 0.4) is 0 Å². The summed E-state index contributed by atoms with van der Waals surface area (Å²) in [5, 5.41) is 10.1. The highest BCUT2D eigenvalue weighted by molar-refractivity contribution is 7.99. The average Bonchev–Trinajstić information content (AvgIpc) is 3.11. The van der Waals surface area contributed by atoms with Gasteiger partial charge in [-0.1, -0.05) is 0 Å². The number of anilines is 1. The SMILES string of the molecule is Cl.O=C(Nc1cnn(-c2ncccn2)c1)C1CSCN1. The molecule has 1 saturated heterocycles. The Morgan fingerprint density at radius 3 is 2.95 bits per heavy atom. The van der Waals surface area contributed by atoms with Crippen LogP contribution in [0.15, 0.2) is 30.9 Å². The van der Waals surface area contributed by atoms with E-state index < -0.39 is 0 Å². The van der Waals surface area contributed by atoms with Crippen LogP contribution in [0.4, 0.5) is 5.69 Å². The van der Waals surface area contributed by atoms with Gasteiger partial charge in [0, 0.05) is 24.0 Å². The molecular weight excluding hydrogens is 300 g/mol. The molecule has 2 aromatic heterocycles. The summed E-state index contributed by atoms with van der Waals surface area (Å²) in [6.07, 6.45) is 6.55. The molecule has 2 N–H and O–H groups in total. The highest BCUT2D eigenvalue weighted by atomic mass is 35.5. The molecule has 1 atom stereocenters. The number of hydrogen-bond donors (Lipinski definition) is 2. The predicted octanol–water partition coefficient (Wildman–Crippen LogP) is 0.685. The first-order valence-corrected chi connectivity index (χ1v) is 6.92. The van der Waals surface area contributed by atoms with Crippen LogP contribution in [-0.2, 0) is 4.79 Å². The summed E-state index contributed by atoms with van der Waals surface area (Å²) in [5.74, 6) is 2.04. The van der Waals surface area contributed by atoms with Gasteiger partial charge >= 0.3 is 0 Å². The molecule has 1 aliphatic heterocycles. The van der Waals surface area contributed by atoms with Crippen molar-refractivity contribution in [2.45, 2.75) is 6.04 Å². The molecule has 1 aliphatic rings. The Kier molecular flexibility index (Phi) is 4.94. The van der Waals surface area contributed by atoms with E-state index >= 15 is 0 Å². The number of thioether (sulfide) groups is 1. The number of aromatic nitrogens is 4. The van der Waals surface area contributed by atoms with Crippen LogP contribution >= 0.6 is 24.2 Å². The quantitative estimate of drug-likeness (QED) is 0.867. The second kappa shape index (κ2) is 6.69. The van der Waals surface area contributed by atoms with Gasteiger partial charge in [0.2, 0.25) is 11.9 Å². The van der Waals surface area contributed by atoms with Crippen molar-refractivity contribution in [1.29, 1.82) is 0 Å². The molecule has 0 aromatic carbocycles. The highest BCUT2D eigenvalue weighted by Gasteiger charge is 2.22. The maximum absolute atomic E-state index is 11.9. The zero-order valence-corrected chi connectivity index (χ0v) is 12.0. The number of amides is 1. The molecule has 7 nitrogen and oxygen atoms in total. The number of halogens is 1. The molecule has 0 saturated carbocycles. The fourth-order valence-electron chi connectivity index (χ4n) is 1.70. The monoisotopic (exact) mass is 312 g/mol. The van der Waals surface area contributed by atoms with Gasteiger partial charge < -0.3 is 5.32 Å². The summed E-state index contributed by atoms with van der Waals surface area (Å²) < 4.78 is 1.52. The van der Waals surface area contributed by atoms with E-state index in [0.29, 0.717) is 11.6 Å². The van der Waals surface area contributed by atoms with Gasteiger partial charge in [-0.05, 0) is 6.07 Å². The lowest BCUT2D eigenvalue weighted by Crippen LogP contribution is -2.37. The molecule has 2 aromatic rings. The molecule has 9 heteroatoms. The maximum atomic E-state index is 11.9. The van der Waals surface area contributed by atoms with Gasteiger partial charge in [0.05, 0.1) is 24.1 Å². The Morgan fingerprint density at radius 1 is 1.45 bits per heavy atom. The summed E-state index contributed by atoms with van der Waals surface area (Å²) in [5.41, 5.74) is 0.635. The number of rotatable bonds is 3. The van der Waals surface area contributed by atoms with E-state index in [1.54, 1.807) is 42.6 Å². The number of nitrogens with one attached hydrogen (secondary N) is 2. The van der Waals surface area contributed by atoms with Crippen molar-refractivity contribution >= 4 is 35.8 Å². The van der Waals surface area contributed by atoms with Crippen LogP contribution in [0.1, 0.15) is 0 Å². The third-order valence-electron chi connectivity index (χ3n) is 2.64. The Hall–Kier alpha value is -1.64. The van der Waals surface area contributed by atoms with Crippen molar-refractivity contribution in [3.05, 3.63) is 30.9 Å². The number of carbonyl (C=O) groups is 1. The van der Waals surface area contributed by atoms with Gasteiger partial charge in [0.15, 0.2) is 0 Å². The largest absolute Gasteiger partial charge is 0.322 e. The molecule has 1 amide bonds. The van der Waals surface area contributed by atoms with Crippen molar-refractivity contribution < 1.29 is 4.79 Å². The van der Waals surface area contributed by atoms with Gasteiger partial charge in [-0.3, -0.25) is 10.1 Å². The van der Waals surface area contributed by atoms with Crippen LogP contribution in [0.25, 0.3) is 5.95 Å². The molecule has 1 unspecified atom stereocenters. The van der Waals surface area contributed by atoms with Crippen molar-refractivity contribution in [3.8, 4) is 5.95 Å². The minimum absolute atomic E-state index is 0. The molecule has 0 radical (unpaired) electrons. The predicted molar refractivity (Wildman–Crippen MR) is 79.3 cm³/mol. The Labute approximate surface area is 126 Å². The molecule has 3 rings (SSSR count). The summed E-state index contributed by atoms with van der Waals surface area (Å²) >= 11 is 1.71. The Morgan fingerprint density at radius 2 is 2.25 bits per heavy atom. The van der Waals surface area contributed by atoms with Crippen LogP contribution in [0.5, 0.6) is 0 Å². The molecule has 0 spiro atoms. The van der Waals surface area contributed by atoms with Crippen molar-refractivity contribution in [2.75, 3.05) is 16.9 Å². The fraction of sp³-hybridized carbons (Fsp3) is 0.273. The summed E-state index contributed by atoms with van der Waals surface area (Å²) in [7, 11) is 0. The van der Waals surface area contributed by atoms with Crippen molar-refractivity contribution in [2.24, 2.45) is 0 Å². The second-order valence-electron chi connectivity index (χ2n) is 3.98. The first-order valence-electron chi connectivity index (χ1n) is 5.77. The second-order valence-corrected chi connectivity index (χ2v) is 5.01. The minimum Gasteiger partial charge on any atom is -0.322 e. The molecule has 0 aliphatic carbocycles. The van der Waals surface area contributed by atoms with Crippen LogP contribution in [0, 0.1) is 0 Å². The van der Waals surface area contributed by atoms with E-state index in [9.17, 15) is 4.79 Å².